The van der Waals surface area contributed by atoms with Gasteiger partial charge < -0.3 is 10.5 Å². The number of anilines is 1. The lowest BCUT2D eigenvalue weighted by molar-refractivity contribution is 0.0561. The summed E-state index contributed by atoms with van der Waals surface area (Å²) >= 11 is 0. The van der Waals surface area contributed by atoms with E-state index in [4.69, 9.17) is 10.5 Å². The fourth-order valence-corrected chi connectivity index (χ4v) is 1.21. The van der Waals surface area contributed by atoms with Gasteiger partial charge in [0.15, 0.2) is 0 Å². The Balaban J connectivity index is 2.43. The highest BCUT2D eigenvalue weighted by Crippen LogP contribution is 2.05. The van der Waals surface area contributed by atoms with E-state index >= 15 is 0 Å². The molecule has 0 fully saturated rings. The predicted octanol–water partition coefficient (Wildman–Crippen LogP) is 1.58. The van der Waals surface area contributed by atoms with Crippen LogP contribution in [0.25, 0.3) is 0 Å². The number of rotatable bonds is 5. The Labute approximate surface area is 83.1 Å². The van der Waals surface area contributed by atoms with Crippen molar-refractivity contribution in [3.63, 3.8) is 0 Å². The van der Waals surface area contributed by atoms with Gasteiger partial charge in [-0.05, 0) is 19.1 Å². The van der Waals surface area contributed by atoms with E-state index in [-0.39, 0.29) is 12.7 Å². The molecule has 0 radical (unpaired) electrons. The Morgan fingerprint density at radius 3 is 3.00 bits per heavy atom. The third-order valence-electron chi connectivity index (χ3n) is 1.80. The Morgan fingerprint density at radius 1 is 1.57 bits per heavy atom. The van der Waals surface area contributed by atoms with Crippen LogP contribution in [0.15, 0.2) is 18.2 Å². The molecule has 0 saturated heterocycles. The molecule has 0 aliphatic rings. The summed E-state index contributed by atoms with van der Waals surface area (Å²) in [6, 6.07) is 5.46. The first-order chi connectivity index (χ1) is 6.72. The van der Waals surface area contributed by atoms with E-state index in [2.05, 4.69) is 4.98 Å². The van der Waals surface area contributed by atoms with Crippen LogP contribution in [-0.4, -0.2) is 24.4 Å². The second kappa shape index (κ2) is 5.54. The zero-order valence-corrected chi connectivity index (χ0v) is 8.24. The van der Waals surface area contributed by atoms with E-state index in [1.54, 1.807) is 6.07 Å². The van der Waals surface area contributed by atoms with Gasteiger partial charge in [0, 0.05) is 12.1 Å². The molecular formula is C10H15FN2O. The van der Waals surface area contributed by atoms with Crippen LogP contribution < -0.4 is 5.73 Å². The summed E-state index contributed by atoms with van der Waals surface area (Å²) < 4.78 is 17.0. The average molecular weight is 198 g/mol. The second-order valence-corrected chi connectivity index (χ2v) is 3.13. The second-order valence-electron chi connectivity index (χ2n) is 3.13. The standard InChI is InChI=1S/C10H15FN2O/c1-8(14-6-5-11)7-9-3-2-4-10(12)13-9/h2-4,8H,5-7H2,1H3,(H2,12,13). The highest BCUT2D eigenvalue weighted by molar-refractivity contribution is 5.28. The molecule has 1 unspecified atom stereocenters. The quantitative estimate of drug-likeness (QED) is 0.781. The van der Waals surface area contributed by atoms with Crippen molar-refractivity contribution in [1.29, 1.82) is 0 Å². The van der Waals surface area contributed by atoms with Crippen LogP contribution in [0.2, 0.25) is 0 Å². The third kappa shape index (κ3) is 3.70. The number of nitrogen functional groups attached to an aromatic ring is 1. The number of nitrogens with zero attached hydrogens (tertiary/aromatic N) is 1. The van der Waals surface area contributed by atoms with Gasteiger partial charge in [-0.15, -0.1) is 0 Å². The van der Waals surface area contributed by atoms with Crippen molar-refractivity contribution in [3.05, 3.63) is 23.9 Å². The lowest BCUT2D eigenvalue weighted by Gasteiger charge is -2.11. The molecule has 1 rings (SSSR count). The minimum Gasteiger partial charge on any atom is -0.384 e. The number of alkyl halides is 1. The van der Waals surface area contributed by atoms with Crippen molar-refractivity contribution in [2.24, 2.45) is 0 Å². The van der Waals surface area contributed by atoms with Crippen LogP contribution in [-0.2, 0) is 11.2 Å². The highest BCUT2D eigenvalue weighted by Gasteiger charge is 2.04. The molecule has 1 aromatic heterocycles. The van der Waals surface area contributed by atoms with Crippen molar-refractivity contribution >= 4 is 5.82 Å². The van der Waals surface area contributed by atoms with Gasteiger partial charge >= 0.3 is 0 Å². The molecule has 0 aliphatic carbocycles. The Kier molecular flexibility index (Phi) is 4.32. The zero-order valence-electron chi connectivity index (χ0n) is 8.24. The number of aromatic nitrogens is 1. The molecule has 0 bridgehead atoms. The molecule has 0 aliphatic heterocycles. The number of halogens is 1. The fourth-order valence-electron chi connectivity index (χ4n) is 1.21. The van der Waals surface area contributed by atoms with Gasteiger partial charge in [0.25, 0.3) is 0 Å². The molecule has 1 heterocycles. The summed E-state index contributed by atoms with van der Waals surface area (Å²) in [6.07, 6.45) is 0.630. The summed E-state index contributed by atoms with van der Waals surface area (Å²) in [5.41, 5.74) is 6.39. The zero-order chi connectivity index (χ0) is 10.4. The first-order valence-corrected chi connectivity index (χ1v) is 4.61. The topological polar surface area (TPSA) is 48.1 Å². The van der Waals surface area contributed by atoms with Crippen LogP contribution in [0.3, 0.4) is 0 Å². The maximum absolute atomic E-state index is 11.8. The number of nitrogens with two attached hydrogens (primary N) is 1. The molecule has 1 aromatic rings. The van der Waals surface area contributed by atoms with E-state index < -0.39 is 6.67 Å². The maximum atomic E-state index is 11.8. The molecule has 78 valence electrons. The minimum absolute atomic E-state index is 0.0277. The van der Waals surface area contributed by atoms with Gasteiger partial charge in [-0.1, -0.05) is 6.07 Å². The number of pyridine rings is 1. The Bertz CT molecular complexity index is 281. The maximum Gasteiger partial charge on any atom is 0.123 e. The van der Waals surface area contributed by atoms with Crippen molar-refractivity contribution in [1.82, 2.24) is 4.98 Å². The highest BCUT2D eigenvalue weighted by atomic mass is 19.1. The van der Waals surface area contributed by atoms with E-state index in [0.717, 1.165) is 5.69 Å². The molecule has 1 atom stereocenters. The van der Waals surface area contributed by atoms with Gasteiger partial charge in [0.2, 0.25) is 0 Å². The van der Waals surface area contributed by atoms with Crippen molar-refractivity contribution < 1.29 is 9.13 Å². The summed E-state index contributed by atoms with van der Waals surface area (Å²) in [5, 5.41) is 0. The Morgan fingerprint density at radius 2 is 2.36 bits per heavy atom. The lowest BCUT2D eigenvalue weighted by Crippen LogP contribution is -2.14. The minimum atomic E-state index is -0.450. The molecular weight excluding hydrogens is 183 g/mol. The molecule has 4 heteroatoms. The van der Waals surface area contributed by atoms with Crippen molar-refractivity contribution in [2.75, 3.05) is 19.0 Å². The largest absolute Gasteiger partial charge is 0.384 e. The third-order valence-corrected chi connectivity index (χ3v) is 1.80. The molecule has 0 amide bonds. The molecule has 0 spiro atoms. The van der Waals surface area contributed by atoms with Gasteiger partial charge in [0.1, 0.15) is 12.5 Å². The van der Waals surface area contributed by atoms with Gasteiger partial charge in [-0.25, -0.2) is 9.37 Å². The SMILES string of the molecule is CC(Cc1cccc(N)n1)OCCF. The molecule has 0 saturated carbocycles. The van der Waals surface area contributed by atoms with Crippen LogP contribution >= 0.6 is 0 Å². The van der Waals surface area contributed by atoms with Gasteiger partial charge in [-0.3, -0.25) is 0 Å². The number of ether oxygens (including phenoxy) is 1. The van der Waals surface area contributed by atoms with E-state index in [1.165, 1.54) is 0 Å². The molecule has 3 nitrogen and oxygen atoms in total. The van der Waals surface area contributed by atoms with Gasteiger partial charge in [0.05, 0.1) is 12.7 Å². The van der Waals surface area contributed by atoms with Crippen LogP contribution in [0.4, 0.5) is 10.2 Å². The summed E-state index contributed by atoms with van der Waals surface area (Å²) in [5.74, 6) is 0.500. The first-order valence-electron chi connectivity index (χ1n) is 4.61. The smallest absolute Gasteiger partial charge is 0.123 e. The molecule has 14 heavy (non-hydrogen) atoms. The van der Waals surface area contributed by atoms with Gasteiger partial charge in [-0.2, -0.15) is 0 Å². The average Bonchev–Trinajstić information content (AvgIpc) is 2.15. The summed E-state index contributed by atoms with van der Waals surface area (Å²) in [6.45, 7) is 1.58. The summed E-state index contributed by atoms with van der Waals surface area (Å²) in [4.78, 5) is 4.13. The van der Waals surface area contributed by atoms with Crippen molar-refractivity contribution in [3.8, 4) is 0 Å². The van der Waals surface area contributed by atoms with Crippen LogP contribution in [0, 0.1) is 0 Å². The number of hydrogen-bond donors (Lipinski definition) is 1. The lowest BCUT2D eigenvalue weighted by atomic mass is 10.2. The van der Waals surface area contributed by atoms with E-state index in [1.807, 2.05) is 19.1 Å². The van der Waals surface area contributed by atoms with Crippen LogP contribution in [0.1, 0.15) is 12.6 Å². The number of hydrogen-bond acceptors (Lipinski definition) is 3. The van der Waals surface area contributed by atoms with E-state index in [9.17, 15) is 4.39 Å². The fraction of sp³-hybridized carbons (Fsp3) is 0.500. The summed E-state index contributed by atoms with van der Waals surface area (Å²) in [7, 11) is 0. The van der Waals surface area contributed by atoms with Crippen LogP contribution in [0.5, 0.6) is 0 Å². The molecule has 2 N–H and O–H groups in total. The molecule has 0 aromatic carbocycles. The first kappa shape index (κ1) is 10.9. The Hall–Kier alpha value is -1.16. The predicted molar refractivity (Wildman–Crippen MR) is 53.7 cm³/mol. The monoisotopic (exact) mass is 198 g/mol. The normalized spacial score (nSPS) is 12.7. The van der Waals surface area contributed by atoms with Crippen molar-refractivity contribution in [2.45, 2.75) is 19.4 Å². The van der Waals surface area contributed by atoms with E-state index in [0.29, 0.717) is 12.2 Å².